The number of carbonyl (C=O) groups excluding carboxylic acids is 1. The standard InChI is InChI=1S/C24H18BrClN2O3/c1-30-18-9-4-14(5-10-18)20-13-21-19-12-16(25)6-11-22(19)31-24(28(21)27-20)23(29)15-2-7-17(26)8-3-15/h2-12,21,24H,13H2,1H3/t21-,24+/m0/s1. The molecule has 0 amide bonds. The van der Waals surface area contributed by atoms with E-state index < -0.39 is 6.23 Å². The highest BCUT2D eigenvalue weighted by Gasteiger charge is 2.43. The van der Waals surface area contributed by atoms with Crippen LogP contribution in [0, 0.1) is 0 Å². The second-order valence-corrected chi connectivity index (χ2v) is 8.75. The lowest BCUT2D eigenvalue weighted by Crippen LogP contribution is -2.45. The summed E-state index contributed by atoms with van der Waals surface area (Å²) < 4.78 is 12.4. The van der Waals surface area contributed by atoms with E-state index in [1.54, 1.807) is 36.4 Å². The second kappa shape index (κ2) is 8.02. The average molecular weight is 498 g/mol. The van der Waals surface area contributed by atoms with Crippen LogP contribution in [-0.4, -0.2) is 29.8 Å². The predicted octanol–water partition coefficient (Wildman–Crippen LogP) is 5.86. The zero-order valence-electron chi connectivity index (χ0n) is 16.6. The maximum absolute atomic E-state index is 13.4. The first kappa shape index (κ1) is 20.1. The molecular formula is C24H18BrClN2O3. The molecule has 2 heterocycles. The Morgan fingerprint density at radius 1 is 1.13 bits per heavy atom. The van der Waals surface area contributed by atoms with Crippen LogP contribution >= 0.6 is 27.5 Å². The molecule has 5 rings (SSSR count). The molecule has 0 bridgehead atoms. The number of nitrogens with zero attached hydrogens (tertiary/aromatic N) is 2. The van der Waals surface area contributed by atoms with Gasteiger partial charge in [-0.2, -0.15) is 5.10 Å². The van der Waals surface area contributed by atoms with Crippen LogP contribution in [0.3, 0.4) is 0 Å². The molecule has 3 aromatic rings. The fourth-order valence-electron chi connectivity index (χ4n) is 3.95. The number of carbonyl (C=O) groups is 1. The maximum atomic E-state index is 13.4. The van der Waals surface area contributed by atoms with Gasteiger partial charge in [0.1, 0.15) is 11.5 Å². The van der Waals surface area contributed by atoms with Crippen molar-refractivity contribution in [2.45, 2.75) is 18.7 Å². The molecule has 3 aromatic carbocycles. The number of ether oxygens (including phenoxy) is 2. The third-order valence-corrected chi connectivity index (χ3v) is 6.27. The lowest BCUT2D eigenvalue weighted by Gasteiger charge is -2.37. The van der Waals surface area contributed by atoms with Gasteiger partial charge in [0.25, 0.3) is 6.23 Å². The van der Waals surface area contributed by atoms with E-state index in [2.05, 4.69) is 15.9 Å². The smallest absolute Gasteiger partial charge is 0.251 e. The first-order valence-corrected chi connectivity index (χ1v) is 11.0. The number of benzene rings is 3. The number of methoxy groups -OCH3 is 1. The molecule has 2 aliphatic rings. The minimum Gasteiger partial charge on any atom is -0.497 e. The van der Waals surface area contributed by atoms with Gasteiger partial charge in [-0.15, -0.1) is 0 Å². The van der Waals surface area contributed by atoms with Crippen LogP contribution in [0.5, 0.6) is 11.5 Å². The predicted molar refractivity (Wildman–Crippen MR) is 123 cm³/mol. The van der Waals surface area contributed by atoms with Crippen molar-refractivity contribution >= 4 is 39.0 Å². The Morgan fingerprint density at radius 3 is 2.58 bits per heavy atom. The van der Waals surface area contributed by atoms with Crippen molar-refractivity contribution in [3.05, 3.63) is 92.9 Å². The van der Waals surface area contributed by atoms with Crippen LogP contribution in [-0.2, 0) is 0 Å². The number of hydrazone groups is 1. The molecule has 5 nitrogen and oxygen atoms in total. The molecule has 0 spiro atoms. The first-order valence-electron chi connectivity index (χ1n) is 9.79. The zero-order valence-corrected chi connectivity index (χ0v) is 18.9. The molecule has 0 saturated carbocycles. The van der Waals surface area contributed by atoms with Crippen LogP contribution in [0.1, 0.15) is 33.9 Å². The highest BCUT2D eigenvalue weighted by Crippen LogP contribution is 2.44. The Bertz CT molecular complexity index is 1180. The van der Waals surface area contributed by atoms with Gasteiger partial charge in [-0.3, -0.25) is 4.79 Å². The molecule has 0 aliphatic carbocycles. The Morgan fingerprint density at radius 2 is 1.87 bits per heavy atom. The van der Waals surface area contributed by atoms with Gasteiger partial charge in [0.2, 0.25) is 5.78 Å². The van der Waals surface area contributed by atoms with Crippen LogP contribution < -0.4 is 9.47 Å². The number of halogens is 2. The summed E-state index contributed by atoms with van der Waals surface area (Å²) in [5, 5.41) is 7.19. The molecule has 0 radical (unpaired) electrons. The van der Waals surface area contributed by atoms with E-state index in [1.807, 2.05) is 42.5 Å². The molecular weight excluding hydrogens is 480 g/mol. The van der Waals surface area contributed by atoms with Gasteiger partial charge >= 0.3 is 0 Å². The molecule has 0 fully saturated rings. The number of hydrogen-bond acceptors (Lipinski definition) is 5. The van der Waals surface area contributed by atoms with E-state index in [0.717, 1.165) is 27.1 Å². The lowest BCUT2D eigenvalue weighted by molar-refractivity contribution is -0.00459. The Labute approximate surface area is 193 Å². The summed E-state index contributed by atoms with van der Waals surface area (Å²) in [5.41, 5.74) is 3.42. The Hall–Kier alpha value is -2.83. The first-order chi connectivity index (χ1) is 15.0. The van der Waals surface area contributed by atoms with Gasteiger partial charge in [0.05, 0.1) is 18.9 Å². The summed E-state index contributed by atoms with van der Waals surface area (Å²) in [6, 6.07) is 20.4. The molecule has 2 aliphatic heterocycles. The van der Waals surface area contributed by atoms with E-state index >= 15 is 0 Å². The number of ketones is 1. The molecule has 0 saturated heterocycles. The number of fused-ring (bicyclic) bond motifs is 3. The SMILES string of the molecule is COc1ccc(C2=NN3[C@@H](C(=O)c4ccc(Cl)cc4)Oc4ccc(Br)cc4[C@@H]3C2)cc1. The Kier molecular flexibility index (Phi) is 5.20. The van der Waals surface area contributed by atoms with Crippen molar-refractivity contribution < 1.29 is 14.3 Å². The summed E-state index contributed by atoms with van der Waals surface area (Å²) in [4.78, 5) is 13.4. The van der Waals surface area contributed by atoms with Gasteiger partial charge in [-0.05, 0) is 72.3 Å². The summed E-state index contributed by atoms with van der Waals surface area (Å²) in [7, 11) is 1.64. The minimum atomic E-state index is -0.851. The minimum absolute atomic E-state index is 0.0976. The molecule has 0 unspecified atom stereocenters. The van der Waals surface area contributed by atoms with Gasteiger partial charge < -0.3 is 9.47 Å². The van der Waals surface area contributed by atoms with E-state index in [1.165, 1.54) is 0 Å². The third kappa shape index (κ3) is 3.70. The fourth-order valence-corrected chi connectivity index (χ4v) is 4.45. The topological polar surface area (TPSA) is 51.1 Å². The lowest BCUT2D eigenvalue weighted by atomic mass is 9.95. The van der Waals surface area contributed by atoms with E-state index in [9.17, 15) is 4.79 Å². The number of hydrogen-bond donors (Lipinski definition) is 0. The molecule has 2 atom stereocenters. The molecule has 7 heteroatoms. The van der Waals surface area contributed by atoms with Crippen LogP contribution in [0.2, 0.25) is 5.02 Å². The summed E-state index contributed by atoms with van der Waals surface area (Å²) in [6.07, 6.45) is -0.181. The van der Waals surface area contributed by atoms with Crippen molar-refractivity contribution in [1.82, 2.24) is 5.01 Å². The highest BCUT2D eigenvalue weighted by molar-refractivity contribution is 9.10. The fraction of sp³-hybridized carbons (Fsp3) is 0.167. The monoisotopic (exact) mass is 496 g/mol. The van der Waals surface area contributed by atoms with Crippen molar-refractivity contribution in [3.63, 3.8) is 0 Å². The largest absolute Gasteiger partial charge is 0.497 e. The number of Topliss-reactive ketones (excluding diaryl/α,β-unsaturated/α-hetero) is 1. The van der Waals surface area contributed by atoms with Gasteiger partial charge in [0.15, 0.2) is 0 Å². The van der Waals surface area contributed by atoms with Crippen molar-refractivity contribution in [1.29, 1.82) is 0 Å². The van der Waals surface area contributed by atoms with Gasteiger partial charge in [-0.25, -0.2) is 5.01 Å². The van der Waals surface area contributed by atoms with E-state index in [-0.39, 0.29) is 11.8 Å². The van der Waals surface area contributed by atoms with Crippen molar-refractivity contribution in [3.8, 4) is 11.5 Å². The molecule has 0 N–H and O–H groups in total. The molecule has 0 aromatic heterocycles. The zero-order chi connectivity index (χ0) is 21.5. The normalized spacial score (nSPS) is 19.2. The summed E-state index contributed by atoms with van der Waals surface area (Å²) in [5.74, 6) is 1.33. The van der Waals surface area contributed by atoms with Crippen molar-refractivity contribution in [2.75, 3.05) is 7.11 Å². The summed E-state index contributed by atoms with van der Waals surface area (Å²) >= 11 is 9.54. The highest BCUT2D eigenvalue weighted by atomic mass is 79.9. The van der Waals surface area contributed by atoms with Gasteiger partial charge in [0, 0.05) is 27.0 Å². The van der Waals surface area contributed by atoms with Crippen LogP contribution in [0.15, 0.2) is 76.3 Å². The van der Waals surface area contributed by atoms with Crippen molar-refractivity contribution in [2.24, 2.45) is 5.10 Å². The van der Waals surface area contributed by atoms with Crippen LogP contribution in [0.4, 0.5) is 0 Å². The summed E-state index contributed by atoms with van der Waals surface area (Å²) in [6.45, 7) is 0. The quantitative estimate of drug-likeness (QED) is 0.424. The van der Waals surface area contributed by atoms with E-state index in [4.69, 9.17) is 26.2 Å². The Balaban J connectivity index is 1.55. The van der Waals surface area contributed by atoms with E-state index in [0.29, 0.717) is 22.8 Å². The molecule has 31 heavy (non-hydrogen) atoms. The second-order valence-electron chi connectivity index (χ2n) is 7.40. The molecule has 156 valence electrons. The number of rotatable bonds is 4. The maximum Gasteiger partial charge on any atom is 0.251 e. The van der Waals surface area contributed by atoms with Gasteiger partial charge in [-0.1, -0.05) is 27.5 Å². The average Bonchev–Trinajstić information content (AvgIpc) is 3.24. The third-order valence-electron chi connectivity index (χ3n) is 5.53. The van der Waals surface area contributed by atoms with Crippen LogP contribution in [0.25, 0.3) is 0 Å².